The van der Waals surface area contributed by atoms with Gasteiger partial charge in [0.2, 0.25) is 0 Å². The molecule has 1 saturated heterocycles. The molecular weight excluding hydrogens is 329 g/mol. The van der Waals surface area contributed by atoms with Gasteiger partial charge in [-0.25, -0.2) is 9.18 Å². The van der Waals surface area contributed by atoms with Crippen molar-refractivity contribution in [1.82, 2.24) is 10.6 Å². The Balaban J connectivity index is 1.78. The Morgan fingerprint density at radius 3 is 2.62 bits per heavy atom. The molecule has 1 saturated carbocycles. The van der Waals surface area contributed by atoms with Gasteiger partial charge in [-0.3, -0.25) is 0 Å². The first-order chi connectivity index (χ1) is 12.7. The topological polar surface area (TPSA) is 64.9 Å². The number of benzene rings is 2. The zero-order valence-corrected chi connectivity index (χ0v) is 14.3. The van der Waals surface area contributed by atoms with Crippen molar-refractivity contribution in [3.05, 3.63) is 59.4 Å². The van der Waals surface area contributed by atoms with Crippen LogP contribution in [-0.2, 0) is 6.42 Å². The second-order valence-corrected chi connectivity index (χ2v) is 7.03. The van der Waals surface area contributed by atoms with Crippen molar-refractivity contribution >= 4 is 6.03 Å². The number of halogens is 1. The zero-order chi connectivity index (χ0) is 18.1. The molecule has 0 bridgehead atoms. The molecule has 2 aliphatic rings. The maximum Gasteiger partial charge on any atom is 0.315 e. The molecule has 1 heterocycles. The third-order valence-corrected chi connectivity index (χ3v) is 5.52. The molecule has 2 aromatic rings. The van der Waals surface area contributed by atoms with Gasteiger partial charge in [0.25, 0.3) is 0 Å². The fraction of sp³-hybridized carbons (Fsp3) is 0.333. The third kappa shape index (κ3) is 2.92. The predicted molar refractivity (Wildman–Crippen MR) is 97.0 cm³/mol. The summed E-state index contributed by atoms with van der Waals surface area (Å²) in [7, 11) is 0. The molecule has 0 aromatic heterocycles. The SMILES string of the molecule is N#CCc1cccc(-c2ccccc2F)c1C1CCC2NC(=O)NC2C1. The fourth-order valence-electron chi connectivity index (χ4n) is 4.39. The van der Waals surface area contributed by atoms with Crippen LogP contribution in [0.3, 0.4) is 0 Å². The van der Waals surface area contributed by atoms with E-state index in [4.69, 9.17) is 0 Å². The molecule has 0 spiro atoms. The second-order valence-electron chi connectivity index (χ2n) is 7.03. The number of hydrogen-bond donors (Lipinski definition) is 2. The Kier molecular flexibility index (Phi) is 4.34. The predicted octanol–water partition coefficient (Wildman–Crippen LogP) is 3.88. The number of amides is 2. The van der Waals surface area contributed by atoms with Gasteiger partial charge in [-0.15, -0.1) is 0 Å². The first-order valence-electron chi connectivity index (χ1n) is 8.98. The molecule has 4 nitrogen and oxygen atoms in total. The van der Waals surface area contributed by atoms with Gasteiger partial charge in [-0.05, 0) is 47.9 Å². The van der Waals surface area contributed by atoms with Gasteiger partial charge >= 0.3 is 6.03 Å². The summed E-state index contributed by atoms with van der Waals surface area (Å²) < 4.78 is 14.5. The summed E-state index contributed by atoms with van der Waals surface area (Å²) in [5.74, 6) is -0.0667. The number of carbonyl (C=O) groups is 1. The van der Waals surface area contributed by atoms with Crippen molar-refractivity contribution < 1.29 is 9.18 Å². The number of carbonyl (C=O) groups excluding carboxylic acids is 1. The molecule has 26 heavy (non-hydrogen) atoms. The molecule has 2 amide bonds. The van der Waals surface area contributed by atoms with Gasteiger partial charge < -0.3 is 10.6 Å². The van der Waals surface area contributed by atoms with E-state index in [1.54, 1.807) is 12.1 Å². The normalized spacial score (nSPS) is 24.3. The van der Waals surface area contributed by atoms with Crippen LogP contribution in [0.15, 0.2) is 42.5 Å². The number of fused-ring (bicyclic) bond motifs is 1. The van der Waals surface area contributed by atoms with E-state index < -0.39 is 0 Å². The highest BCUT2D eigenvalue weighted by atomic mass is 19.1. The minimum absolute atomic E-state index is 0.0878. The lowest BCUT2D eigenvalue weighted by atomic mass is 9.75. The smallest absolute Gasteiger partial charge is 0.315 e. The number of nitrogens with zero attached hydrogens (tertiary/aromatic N) is 1. The largest absolute Gasteiger partial charge is 0.333 e. The molecule has 132 valence electrons. The summed E-state index contributed by atoms with van der Waals surface area (Å²) >= 11 is 0. The van der Waals surface area contributed by atoms with E-state index in [1.807, 2.05) is 24.3 Å². The molecule has 1 aliphatic carbocycles. The van der Waals surface area contributed by atoms with Gasteiger partial charge in [0.05, 0.1) is 24.6 Å². The van der Waals surface area contributed by atoms with Crippen molar-refractivity contribution in [3.8, 4) is 17.2 Å². The molecule has 1 aliphatic heterocycles. The average molecular weight is 349 g/mol. The van der Waals surface area contributed by atoms with Gasteiger partial charge in [-0.2, -0.15) is 5.26 Å². The summed E-state index contributed by atoms with van der Waals surface area (Å²) in [6, 6.07) is 14.9. The lowest BCUT2D eigenvalue weighted by molar-refractivity contribution is 0.247. The Bertz CT molecular complexity index is 889. The van der Waals surface area contributed by atoms with Crippen molar-refractivity contribution in [2.45, 2.75) is 43.7 Å². The van der Waals surface area contributed by atoms with Crippen molar-refractivity contribution in [2.75, 3.05) is 0 Å². The van der Waals surface area contributed by atoms with Crippen molar-refractivity contribution in [2.24, 2.45) is 0 Å². The van der Waals surface area contributed by atoms with Crippen molar-refractivity contribution in [3.63, 3.8) is 0 Å². The molecule has 3 unspecified atom stereocenters. The molecular formula is C21H20FN3O. The fourth-order valence-corrected chi connectivity index (χ4v) is 4.39. The molecule has 0 radical (unpaired) electrons. The summed E-state index contributed by atoms with van der Waals surface area (Å²) in [5, 5.41) is 15.2. The van der Waals surface area contributed by atoms with Crippen molar-refractivity contribution in [1.29, 1.82) is 5.26 Å². The van der Waals surface area contributed by atoms with E-state index in [1.165, 1.54) is 6.07 Å². The van der Waals surface area contributed by atoms with Crippen LogP contribution in [-0.4, -0.2) is 18.1 Å². The van der Waals surface area contributed by atoms with E-state index in [9.17, 15) is 14.4 Å². The average Bonchev–Trinajstić information content (AvgIpc) is 3.01. The Morgan fingerprint density at radius 2 is 1.81 bits per heavy atom. The van der Waals surface area contributed by atoms with Crippen LogP contribution in [0, 0.1) is 17.1 Å². The summed E-state index contributed by atoms with van der Waals surface area (Å²) in [6.07, 6.45) is 2.89. The number of rotatable bonds is 3. The molecule has 4 rings (SSSR count). The third-order valence-electron chi connectivity index (χ3n) is 5.52. The van der Waals surface area contributed by atoms with E-state index in [2.05, 4.69) is 16.7 Å². The maximum atomic E-state index is 14.5. The lowest BCUT2D eigenvalue weighted by Gasteiger charge is -2.33. The van der Waals surface area contributed by atoms with Crippen LogP contribution in [0.25, 0.3) is 11.1 Å². The highest BCUT2D eigenvalue weighted by molar-refractivity contribution is 5.77. The minimum atomic E-state index is -0.257. The van der Waals surface area contributed by atoms with Gasteiger partial charge in [-0.1, -0.05) is 36.4 Å². The molecule has 5 heteroatoms. The van der Waals surface area contributed by atoms with Crippen LogP contribution in [0.1, 0.15) is 36.3 Å². The molecule has 2 N–H and O–H groups in total. The van der Waals surface area contributed by atoms with Crippen LogP contribution >= 0.6 is 0 Å². The first-order valence-corrected chi connectivity index (χ1v) is 8.98. The van der Waals surface area contributed by atoms with Crippen LogP contribution in [0.2, 0.25) is 0 Å². The standard InChI is InChI=1S/C21H20FN3O/c22-17-7-2-1-5-15(17)16-6-3-4-13(10-11-23)20(16)14-8-9-18-19(12-14)25-21(26)24-18/h1-7,14,18-19H,8-10,12H2,(H2,24,25,26). The zero-order valence-electron chi connectivity index (χ0n) is 14.3. The van der Waals surface area contributed by atoms with Gasteiger partial charge in [0.1, 0.15) is 5.82 Å². The molecule has 3 atom stereocenters. The van der Waals surface area contributed by atoms with E-state index in [-0.39, 0.29) is 29.8 Å². The minimum Gasteiger partial charge on any atom is -0.333 e. The Hall–Kier alpha value is -2.87. The summed E-state index contributed by atoms with van der Waals surface area (Å²) in [5.41, 5.74) is 3.43. The number of urea groups is 1. The van der Waals surface area contributed by atoms with E-state index in [0.717, 1.165) is 36.0 Å². The number of nitrogens with one attached hydrogen (secondary N) is 2. The van der Waals surface area contributed by atoms with Crippen LogP contribution in [0.4, 0.5) is 9.18 Å². The Morgan fingerprint density at radius 1 is 1.04 bits per heavy atom. The highest BCUT2D eigenvalue weighted by Crippen LogP contribution is 2.41. The Labute approximate surface area is 152 Å². The molecule has 2 aromatic carbocycles. The maximum absolute atomic E-state index is 14.5. The summed E-state index contributed by atoms with van der Waals surface area (Å²) in [4.78, 5) is 11.6. The van der Waals surface area contributed by atoms with Crippen LogP contribution in [0.5, 0.6) is 0 Å². The quantitative estimate of drug-likeness (QED) is 0.883. The molecule has 2 fully saturated rings. The lowest BCUT2D eigenvalue weighted by Crippen LogP contribution is -2.39. The van der Waals surface area contributed by atoms with Crippen LogP contribution < -0.4 is 10.6 Å². The number of hydrogen-bond acceptors (Lipinski definition) is 2. The monoisotopic (exact) mass is 349 g/mol. The van der Waals surface area contributed by atoms with E-state index >= 15 is 0 Å². The summed E-state index contributed by atoms with van der Waals surface area (Å²) in [6.45, 7) is 0. The first kappa shape index (κ1) is 16.6. The van der Waals surface area contributed by atoms with Gasteiger partial charge in [0.15, 0.2) is 0 Å². The van der Waals surface area contributed by atoms with Gasteiger partial charge in [0, 0.05) is 5.56 Å². The van der Waals surface area contributed by atoms with E-state index in [0.29, 0.717) is 12.0 Å². The number of nitriles is 1. The second kappa shape index (κ2) is 6.80. The highest BCUT2D eigenvalue weighted by Gasteiger charge is 2.38.